The van der Waals surface area contributed by atoms with Gasteiger partial charge in [-0.05, 0) is 61.3 Å². The van der Waals surface area contributed by atoms with Crippen molar-refractivity contribution in [3.05, 3.63) is 70.7 Å². The highest BCUT2D eigenvalue weighted by Gasteiger charge is 2.67. The lowest BCUT2D eigenvalue weighted by atomic mass is 9.64. The first kappa shape index (κ1) is 29.9. The van der Waals surface area contributed by atoms with Crippen LogP contribution in [0.5, 0.6) is 0 Å². The molecule has 0 aromatic heterocycles. The first-order chi connectivity index (χ1) is 18.6. The molecule has 0 unspecified atom stereocenters. The number of ether oxygens (including phenoxy) is 1. The van der Waals surface area contributed by atoms with E-state index < -0.39 is 30.9 Å². The highest BCUT2D eigenvalue weighted by Crippen LogP contribution is 2.68. The first-order valence-corrected chi connectivity index (χ1v) is 15.8. The Bertz CT molecular complexity index is 1200. The maximum atomic E-state index is 14.5. The molecule has 4 rings (SSSR count). The molecule has 0 bridgehead atoms. The van der Waals surface area contributed by atoms with Crippen molar-refractivity contribution in [2.75, 3.05) is 19.8 Å². The average molecular weight is 575 g/mol. The van der Waals surface area contributed by atoms with Gasteiger partial charge in [0.2, 0.25) is 0 Å². The van der Waals surface area contributed by atoms with E-state index in [9.17, 15) is 9.36 Å². The van der Waals surface area contributed by atoms with E-state index >= 15 is 0 Å². The standard InChI is InChI=1S/C30H40ClN2O5P/c1-6-36-39(35,37-7-2)30(26(20-32-33-30)22-14-16-24(31)17-15-22)28(34)38-27-19-21(3)13-18-25(27)29(4,5)23-11-9-8-10-12-23/h8-12,14-17,21,25-27H,6-7,13,18-20H2,1-5H3/t21-,25-,26+,27-,30+/m1/s1. The highest BCUT2D eigenvalue weighted by atomic mass is 35.5. The maximum Gasteiger partial charge on any atom is 0.372 e. The van der Waals surface area contributed by atoms with E-state index in [0.29, 0.717) is 17.4 Å². The van der Waals surface area contributed by atoms with Crippen LogP contribution in [0.4, 0.5) is 0 Å². The topological polar surface area (TPSA) is 86.5 Å². The summed E-state index contributed by atoms with van der Waals surface area (Å²) in [5, 5.41) is 7.25. The average Bonchev–Trinajstić information content (AvgIpc) is 3.37. The van der Waals surface area contributed by atoms with Crippen LogP contribution in [-0.4, -0.2) is 37.1 Å². The third kappa shape index (κ3) is 5.74. The zero-order chi connectivity index (χ0) is 28.3. The van der Waals surface area contributed by atoms with Gasteiger partial charge >= 0.3 is 13.6 Å². The number of nitrogens with zero attached hydrogens (tertiary/aromatic N) is 2. The quantitative estimate of drug-likeness (QED) is 0.211. The minimum absolute atomic E-state index is 0.0583. The molecular weight excluding hydrogens is 535 g/mol. The van der Waals surface area contributed by atoms with Crippen molar-refractivity contribution in [2.24, 2.45) is 22.1 Å². The second-order valence-corrected chi connectivity index (χ2v) is 13.8. The fourth-order valence-electron chi connectivity index (χ4n) is 6.17. The first-order valence-electron chi connectivity index (χ1n) is 13.9. The monoisotopic (exact) mass is 574 g/mol. The van der Waals surface area contributed by atoms with Crippen LogP contribution in [0.1, 0.15) is 70.9 Å². The number of azo groups is 1. The van der Waals surface area contributed by atoms with E-state index in [1.165, 1.54) is 5.56 Å². The Morgan fingerprint density at radius 1 is 1.05 bits per heavy atom. The molecule has 0 N–H and O–H groups in total. The van der Waals surface area contributed by atoms with E-state index in [4.69, 9.17) is 25.4 Å². The predicted molar refractivity (Wildman–Crippen MR) is 153 cm³/mol. The molecule has 2 aromatic carbocycles. The molecule has 0 radical (unpaired) electrons. The molecule has 5 atom stereocenters. The zero-order valence-electron chi connectivity index (χ0n) is 23.5. The fourth-order valence-corrected chi connectivity index (χ4v) is 8.50. The van der Waals surface area contributed by atoms with Gasteiger partial charge in [0.05, 0.1) is 25.7 Å². The lowest BCUT2D eigenvalue weighted by Crippen LogP contribution is -2.49. The van der Waals surface area contributed by atoms with Crippen LogP contribution in [0.3, 0.4) is 0 Å². The van der Waals surface area contributed by atoms with Crippen molar-refractivity contribution in [1.29, 1.82) is 0 Å². The SMILES string of the molecule is CCOP(=O)(OCC)[C@@]1(C(=O)O[C@@H]2C[C@H](C)CC[C@H]2C(C)(C)c2ccccc2)N=NC[C@H]1c1ccc(Cl)cc1. The van der Waals surface area contributed by atoms with Gasteiger partial charge in [-0.2, -0.15) is 10.2 Å². The minimum atomic E-state index is -4.16. The largest absolute Gasteiger partial charge is 0.460 e. The van der Waals surface area contributed by atoms with E-state index in [0.717, 1.165) is 18.4 Å². The summed E-state index contributed by atoms with van der Waals surface area (Å²) in [6.07, 6.45) is 2.26. The van der Waals surface area contributed by atoms with Crippen LogP contribution in [-0.2, 0) is 28.6 Å². The van der Waals surface area contributed by atoms with Gasteiger partial charge in [-0.25, -0.2) is 4.79 Å². The van der Waals surface area contributed by atoms with E-state index in [1.54, 1.807) is 38.1 Å². The molecule has 9 heteroatoms. The van der Waals surface area contributed by atoms with E-state index in [1.807, 2.05) is 18.2 Å². The molecule has 0 amide bonds. The summed E-state index contributed by atoms with van der Waals surface area (Å²) >= 11 is 6.15. The van der Waals surface area contributed by atoms with Crippen molar-refractivity contribution in [1.82, 2.24) is 0 Å². The van der Waals surface area contributed by atoms with E-state index in [-0.39, 0.29) is 31.1 Å². The van der Waals surface area contributed by atoms with Crippen molar-refractivity contribution in [2.45, 2.75) is 76.6 Å². The van der Waals surface area contributed by atoms with Gasteiger partial charge in [-0.1, -0.05) is 81.3 Å². The predicted octanol–water partition coefficient (Wildman–Crippen LogP) is 8.18. The Balaban J connectivity index is 1.76. The molecule has 1 heterocycles. The Labute approximate surface area is 237 Å². The second kappa shape index (κ2) is 12.2. The number of esters is 1. The molecule has 1 fully saturated rings. The number of halogens is 1. The third-order valence-electron chi connectivity index (χ3n) is 8.32. The maximum absolute atomic E-state index is 14.5. The molecule has 2 aliphatic rings. The number of benzene rings is 2. The minimum Gasteiger partial charge on any atom is -0.460 e. The summed E-state index contributed by atoms with van der Waals surface area (Å²) in [5.74, 6) is -0.956. The van der Waals surface area contributed by atoms with Gasteiger partial charge in [-0.3, -0.25) is 4.57 Å². The summed E-state index contributed by atoms with van der Waals surface area (Å²) < 4.78 is 32.5. The molecule has 1 saturated carbocycles. The van der Waals surface area contributed by atoms with Crippen LogP contribution in [0.15, 0.2) is 64.8 Å². The Morgan fingerprint density at radius 3 is 2.31 bits per heavy atom. The Hall–Kier alpha value is -2.05. The molecule has 1 aliphatic heterocycles. The summed E-state index contributed by atoms with van der Waals surface area (Å²) in [4.78, 5) is 14.5. The second-order valence-electron chi connectivity index (χ2n) is 11.1. The van der Waals surface area contributed by atoms with Gasteiger partial charge in [0.1, 0.15) is 6.10 Å². The summed E-state index contributed by atoms with van der Waals surface area (Å²) in [6, 6.07) is 17.4. The number of carbonyl (C=O) groups is 1. The molecular formula is C30H40ClN2O5P. The van der Waals surface area contributed by atoms with Gasteiger partial charge < -0.3 is 13.8 Å². The highest BCUT2D eigenvalue weighted by molar-refractivity contribution is 7.56. The zero-order valence-corrected chi connectivity index (χ0v) is 25.2. The molecule has 212 valence electrons. The van der Waals surface area contributed by atoms with Crippen LogP contribution in [0.2, 0.25) is 5.02 Å². The number of carbonyl (C=O) groups excluding carboxylic acids is 1. The summed E-state index contributed by atoms with van der Waals surface area (Å²) in [5.41, 5.74) is 1.66. The summed E-state index contributed by atoms with van der Waals surface area (Å²) in [6.45, 7) is 10.3. The smallest absolute Gasteiger partial charge is 0.372 e. The van der Waals surface area contributed by atoms with Gasteiger partial charge in [0.25, 0.3) is 5.28 Å². The van der Waals surface area contributed by atoms with Crippen LogP contribution < -0.4 is 0 Å². The van der Waals surface area contributed by atoms with Crippen molar-refractivity contribution in [3.8, 4) is 0 Å². The Morgan fingerprint density at radius 2 is 1.69 bits per heavy atom. The fraction of sp³-hybridized carbons (Fsp3) is 0.567. The number of hydrogen-bond donors (Lipinski definition) is 0. The van der Waals surface area contributed by atoms with Crippen molar-refractivity contribution >= 4 is 25.2 Å². The molecule has 2 aromatic rings. The molecule has 39 heavy (non-hydrogen) atoms. The number of hydrogen-bond acceptors (Lipinski definition) is 7. The molecule has 7 nitrogen and oxygen atoms in total. The lowest BCUT2D eigenvalue weighted by molar-refractivity contribution is -0.161. The van der Waals surface area contributed by atoms with Crippen molar-refractivity contribution < 1.29 is 23.1 Å². The molecule has 1 aliphatic carbocycles. The Kier molecular flexibility index (Phi) is 9.37. The molecule has 0 spiro atoms. The van der Waals surface area contributed by atoms with Crippen LogP contribution >= 0.6 is 19.2 Å². The van der Waals surface area contributed by atoms with Gasteiger partial charge in [-0.15, -0.1) is 0 Å². The van der Waals surface area contributed by atoms with Crippen molar-refractivity contribution in [3.63, 3.8) is 0 Å². The summed E-state index contributed by atoms with van der Waals surface area (Å²) in [7, 11) is -4.16. The third-order valence-corrected chi connectivity index (χ3v) is 11.2. The van der Waals surface area contributed by atoms with Crippen LogP contribution in [0, 0.1) is 11.8 Å². The normalized spacial score (nSPS) is 27.4. The molecule has 0 saturated heterocycles. The van der Waals surface area contributed by atoms with Crippen LogP contribution in [0.25, 0.3) is 0 Å². The lowest BCUT2D eigenvalue weighted by Gasteiger charge is -2.45. The number of rotatable bonds is 10. The van der Waals surface area contributed by atoms with E-state index in [2.05, 4.69) is 43.1 Å². The van der Waals surface area contributed by atoms with Gasteiger partial charge in [0.15, 0.2) is 0 Å². The van der Waals surface area contributed by atoms with Gasteiger partial charge in [0, 0.05) is 10.9 Å².